The van der Waals surface area contributed by atoms with Crippen LogP contribution in [0.15, 0.2) is 47.8 Å². The molecule has 0 radical (unpaired) electrons. The lowest BCUT2D eigenvalue weighted by molar-refractivity contribution is -0.135. The largest absolute Gasteiger partial charge is 0.343 e. The van der Waals surface area contributed by atoms with Crippen LogP contribution in [0.5, 0.6) is 0 Å². The third kappa shape index (κ3) is 6.65. The number of hydrogen-bond acceptors (Lipinski definition) is 5. The van der Waals surface area contributed by atoms with E-state index in [1.54, 1.807) is 11.3 Å². The van der Waals surface area contributed by atoms with Crippen molar-refractivity contribution in [3.05, 3.63) is 58.3 Å². The van der Waals surface area contributed by atoms with Gasteiger partial charge in [0.15, 0.2) is 0 Å². The van der Waals surface area contributed by atoms with Crippen molar-refractivity contribution >= 4 is 23.2 Å². The average molecular weight is 469 g/mol. The van der Waals surface area contributed by atoms with Crippen LogP contribution >= 0.6 is 11.3 Å². The zero-order chi connectivity index (χ0) is 23.2. The third-order valence-electron chi connectivity index (χ3n) is 6.68. The fraction of sp³-hybridized carbons (Fsp3) is 0.538. The molecule has 2 aliphatic rings. The van der Waals surface area contributed by atoms with E-state index in [1.807, 2.05) is 34.5 Å². The molecule has 7 heteroatoms. The van der Waals surface area contributed by atoms with Gasteiger partial charge in [-0.3, -0.25) is 19.4 Å². The molecule has 2 fully saturated rings. The van der Waals surface area contributed by atoms with Crippen molar-refractivity contribution in [2.75, 3.05) is 52.4 Å². The quantitative estimate of drug-likeness (QED) is 0.679. The number of carbonyl (C=O) groups is 2. The molecule has 0 aliphatic carbocycles. The molecule has 3 heterocycles. The van der Waals surface area contributed by atoms with E-state index >= 15 is 0 Å². The van der Waals surface area contributed by atoms with Crippen LogP contribution in [0, 0.1) is 11.8 Å². The maximum Gasteiger partial charge on any atom is 0.236 e. The summed E-state index contributed by atoms with van der Waals surface area (Å²) in [5.74, 6) is 1.46. The molecule has 33 heavy (non-hydrogen) atoms. The van der Waals surface area contributed by atoms with Gasteiger partial charge in [-0.1, -0.05) is 50.2 Å². The second-order valence-electron chi connectivity index (χ2n) is 9.72. The third-order valence-corrected chi connectivity index (χ3v) is 7.62. The molecule has 0 unspecified atom stereocenters. The second kappa shape index (κ2) is 11.3. The predicted octanol–water partition coefficient (Wildman–Crippen LogP) is 3.08. The van der Waals surface area contributed by atoms with Crippen molar-refractivity contribution in [1.29, 1.82) is 0 Å². The van der Waals surface area contributed by atoms with Crippen LogP contribution in [-0.4, -0.2) is 78.9 Å². The Kier molecular flexibility index (Phi) is 8.17. The fourth-order valence-corrected chi connectivity index (χ4v) is 5.90. The van der Waals surface area contributed by atoms with Gasteiger partial charge in [-0.15, -0.1) is 11.3 Å². The summed E-state index contributed by atoms with van der Waals surface area (Å²) in [4.78, 5) is 33.3. The van der Waals surface area contributed by atoms with Gasteiger partial charge >= 0.3 is 0 Å². The Morgan fingerprint density at radius 2 is 1.58 bits per heavy atom. The van der Waals surface area contributed by atoms with Crippen LogP contribution in [-0.2, 0) is 9.59 Å². The van der Waals surface area contributed by atoms with Crippen molar-refractivity contribution in [3.63, 3.8) is 0 Å². The molecule has 1 aromatic heterocycles. The van der Waals surface area contributed by atoms with E-state index in [1.165, 1.54) is 6.42 Å². The summed E-state index contributed by atoms with van der Waals surface area (Å²) in [5.41, 5.74) is 1.10. The number of likely N-dealkylation sites (tertiary alicyclic amines) is 1. The van der Waals surface area contributed by atoms with Crippen LogP contribution < -0.4 is 5.32 Å². The Labute approximate surface area is 201 Å². The van der Waals surface area contributed by atoms with Gasteiger partial charge in [-0.2, -0.15) is 0 Å². The van der Waals surface area contributed by atoms with Gasteiger partial charge < -0.3 is 10.2 Å². The normalized spacial score (nSPS) is 23.3. The summed E-state index contributed by atoms with van der Waals surface area (Å²) in [6, 6.07) is 14.1. The van der Waals surface area contributed by atoms with E-state index in [2.05, 4.69) is 47.2 Å². The Morgan fingerprint density at radius 1 is 0.939 bits per heavy atom. The van der Waals surface area contributed by atoms with Gasteiger partial charge in [-0.05, 0) is 35.3 Å². The van der Waals surface area contributed by atoms with Crippen LogP contribution in [0.3, 0.4) is 0 Å². The first-order valence-corrected chi connectivity index (χ1v) is 13.0. The number of hydrogen-bond donors (Lipinski definition) is 1. The number of thiophene rings is 1. The highest BCUT2D eigenvalue weighted by atomic mass is 32.1. The number of benzene rings is 1. The summed E-state index contributed by atoms with van der Waals surface area (Å²) in [6.45, 7) is 10.4. The molecule has 0 bridgehead atoms. The molecule has 1 aromatic carbocycles. The molecule has 1 N–H and O–H groups in total. The summed E-state index contributed by atoms with van der Waals surface area (Å²) in [7, 11) is 0. The van der Waals surface area contributed by atoms with E-state index in [0.717, 1.165) is 49.7 Å². The minimum Gasteiger partial charge on any atom is -0.343 e. The molecular formula is C26H36N4O2S. The number of amides is 2. The molecule has 4 rings (SSSR count). The summed E-state index contributed by atoms with van der Waals surface area (Å²) >= 11 is 1.66. The minimum absolute atomic E-state index is 0.0399. The van der Waals surface area contributed by atoms with Crippen LogP contribution in [0.2, 0.25) is 0 Å². The Bertz CT molecular complexity index is 886. The zero-order valence-corrected chi connectivity index (χ0v) is 20.6. The van der Waals surface area contributed by atoms with Crippen molar-refractivity contribution < 1.29 is 9.59 Å². The second-order valence-corrected chi connectivity index (χ2v) is 10.7. The maximum absolute atomic E-state index is 12.9. The van der Waals surface area contributed by atoms with Gasteiger partial charge in [0.1, 0.15) is 0 Å². The van der Waals surface area contributed by atoms with E-state index in [-0.39, 0.29) is 17.9 Å². The molecule has 178 valence electrons. The van der Waals surface area contributed by atoms with E-state index < -0.39 is 0 Å². The highest BCUT2D eigenvalue weighted by molar-refractivity contribution is 7.10. The van der Waals surface area contributed by atoms with Crippen molar-refractivity contribution in [3.8, 4) is 0 Å². The van der Waals surface area contributed by atoms with Gasteiger partial charge in [0.25, 0.3) is 0 Å². The number of nitrogens with one attached hydrogen (secondary N) is 1. The first kappa shape index (κ1) is 23.9. The molecule has 0 spiro atoms. The fourth-order valence-electron chi connectivity index (χ4n) is 5.09. The molecule has 2 aliphatic heterocycles. The monoisotopic (exact) mass is 468 g/mol. The highest BCUT2D eigenvalue weighted by Gasteiger charge is 2.28. The van der Waals surface area contributed by atoms with E-state index in [9.17, 15) is 9.59 Å². The van der Waals surface area contributed by atoms with Crippen molar-refractivity contribution in [2.24, 2.45) is 11.8 Å². The average Bonchev–Trinajstić information content (AvgIpc) is 3.33. The first-order valence-electron chi connectivity index (χ1n) is 12.1. The maximum atomic E-state index is 12.9. The zero-order valence-electron chi connectivity index (χ0n) is 19.8. The number of nitrogens with zero attached hydrogens (tertiary/aromatic N) is 3. The highest BCUT2D eigenvalue weighted by Crippen LogP contribution is 2.26. The molecule has 2 aromatic rings. The topological polar surface area (TPSA) is 55.9 Å². The Morgan fingerprint density at radius 3 is 2.18 bits per heavy atom. The Hall–Kier alpha value is -2.22. The van der Waals surface area contributed by atoms with Crippen LogP contribution in [0.25, 0.3) is 0 Å². The summed E-state index contributed by atoms with van der Waals surface area (Å²) in [6.07, 6.45) is 1.21. The van der Waals surface area contributed by atoms with Gasteiger partial charge in [0.2, 0.25) is 11.8 Å². The number of rotatable bonds is 7. The molecular weight excluding hydrogens is 432 g/mol. The molecule has 6 nitrogen and oxygen atoms in total. The number of carbonyl (C=O) groups excluding carboxylic acids is 2. The van der Waals surface area contributed by atoms with Crippen LogP contribution in [0.1, 0.15) is 36.8 Å². The lowest BCUT2D eigenvalue weighted by Crippen LogP contribution is -2.53. The first-order chi connectivity index (χ1) is 16.0. The number of piperidine rings is 1. The van der Waals surface area contributed by atoms with Crippen LogP contribution in [0.4, 0.5) is 0 Å². The molecule has 3 atom stereocenters. The van der Waals surface area contributed by atoms with Crippen molar-refractivity contribution in [2.45, 2.75) is 26.3 Å². The van der Waals surface area contributed by atoms with E-state index in [0.29, 0.717) is 24.9 Å². The van der Waals surface area contributed by atoms with Gasteiger partial charge in [0.05, 0.1) is 19.1 Å². The Balaban J connectivity index is 1.25. The summed E-state index contributed by atoms with van der Waals surface area (Å²) < 4.78 is 0. The van der Waals surface area contributed by atoms with Crippen molar-refractivity contribution in [1.82, 2.24) is 20.0 Å². The predicted molar refractivity (Wildman–Crippen MR) is 133 cm³/mol. The standard InChI is InChI=1S/C26H36N4O2S/c1-20-15-21(2)17-30(16-20)25(32)19-29-12-10-28(11-13-29)18-24(31)27-26(23-9-6-14-33-23)22-7-4-3-5-8-22/h3-9,14,20-21,26H,10-13,15-19H2,1-2H3,(H,27,31)/t20-,21-,26+/m1/s1. The van der Waals surface area contributed by atoms with Gasteiger partial charge in [-0.25, -0.2) is 0 Å². The van der Waals surface area contributed by atoms with Gasteiger partial charge in [0, 0.05) is 44.1 Å². The molecule has 2 saturated heterocycles. The minimum atomic E-state index is -0.119. The SMILES string of the molecule is C[C@@H]1C[C@@H](C)CN(C(=O)CN2CCN(CC(=O)N[C@@H](c3ccccc3)c3cccs3)CC2)C1. The summed E-state index contributed by atoms with van der Waals surface area (Å²) in [5, 5.41) is 5.28. The number of piperazine rings is 1. The lowest BCUT2D eigenvalue weighted by atomic mass is 9.92. The molecule has 2 amide bonds. The smallest absolute Gasteiger partial charge is 0.236 e. The van der Waals surface area contributed by atoms with E-state index in [4.69, 9.17) is 0 Å². The lowest BCUT2D eigenvalue weighted by Gasteiger charge is -2.38. The molecule has 0 saturated carbocycles.